The molecule has 0 spiro atoms. The van der Waals surface area contributed by atoms with Crippen LogP contribution in [0.1, 0.15) is 62.6 Å². The van der Waals surface area contributed by atoms with Crippen molar-refractivity contribution in [1.82, 2.24) is 19.8 Å². The molecular weight excluding hydrogens is 440 g/mol. The van der Waals surface area contributed by atoms with Gasteiger partial charge in [-0.3, -0.25) is 9.59 Å². The molecule has 0 bridgehead atoms. The normalized spacial score (nSPS) is 24.3. The number of amides is 2. The van der Waals surface area contributed by atoms with E-state index in [2.05, 4.69) is 17.2 Å². The van der Waals surface area contributed by atoms with E-state index in [1.54, 1.807) is 4.90 Å². The molecule has 1 aromatic heterocycles. The summed E-state index contributed by atoms with van der Waals surface area (Å²) in [5, 5.41) is 3.33. The maximum Gasteiger partial charge on any atom is 0.291 e. The first-order valence-corrected chi connectivity index (χ1v) is 12.7. The molecule has 2 amide bonds. The third kappa shape index (κ3) is 4.17. The Morgan fingerprint density at radius 3 is 2.69 bits per heavy atom. The third-order valence-electron chi connectivity index (χ3n) is 7.67. The van der Waals surface area contributed by atoms with E-state index >= 15 is 0 Å². The van der Waals surface area contributed by atoms with E-state index < -0.39 is 5.54 Å². The summed E-state index contributed by atoms with van der Waals surface area (Å²) in [6.45, 7) is 7.16. The lowest BCUT2D eigenvalue weighted by Gasteiger charge is -2.45. The summed E-state index contributed by atoms with van der Waals surface area (Å²) in [4.78, 5) is 34.3. The second-order valence-corrected chi connectivity index (χ2v) is 10.1. The molecule has 0 radical (unpaired) electrons. The summed E-state index contributed by atoms with van der Waals surface area (Å²) in [5.74, 6) is 1.17. The predicted molar refractivity (Wildman–Crippen MR) is 135 cm³/mol. The SMILES string of the molecule is CCOc1ccccc1CN1C(=O)c2nc3ccccc3n2C[C@]1(C)C(=O)N[C@H]1CCCC[C@@H]1C. The highest BCUT2D eigenvalue weighted by Crippen LogP contribution is 2.34. The molecule has 1 fully saturated rings. The summed E-state index contributed by atoms with van der Waals surface area (Å²) in [6.07, 6.45) is 4.41. The molecule has 0 unspecified atom stereocenters. The lowest BCUT2D eigenvalue weighted by atomic mass is 9.85. The molecule has 3 atom stereocenters. The van der Waals surface area contributed by atoms with Gasteiger partial charge in [-0.1, -0.05) is 50.1 Å². The van der Waals surface area contributed by atoms with Crippen LogP contribution >= 0.6 is 0 Å². The second-order valence-electron chi connectivity index (χ2n) is 10.1. The highest BCUT2D eigenvalue weighted by molar-refractivity contribution is 6.01. The topological polar surface area (TPSA) is 76.5 Å². The van der Waals surface area contributed by atoms with Crippen molar-refractivity contribution >= 4 is 22.8 Å². The summed E-state index contributed by atoms with van der Waals surface area (Å²) in [6, 6.07) is 15.6. The molecule has 184 valence electrons. The van der Waals surface area contributed by atoms with E-state index in [9.17, 15) is 9.59 Å². The summed E-state index contributed by atoms with van der Waals surface area (Å²) in [5.41, 5.74) is 1.42. The zero-order valence-electron chi connectivity index (χ0n) is 20.8. The standard InChI is InChI=1S/C28H34N4O3/c1-4-35-24-16-10-6-12-20(24)17-32-26(33)25-29-22-14-8-9-15-23(22)31(25)18-28(32,3)27(34)30-21-13-7-5-11-19(21)2/h6,8-10,12,14-16,19,21H,4-5,7,11,13,17-18H2,1-3H3,(H,30,34)/t19-,21-,28+/m0/s1. The fourth-order valence-corrected chi connectivity index (χ4v) is 5.53. The number of para-hydroxylation sites is 3. The second kappa shape index (κ2) is 9.36. The van der Waals surface area contributed by atoms with E-state index in [0.29, 0.717) is 24.9 Å². The Labute approximate surface area is 206 Å². The highest BCUT2D eigenvalue weighted by Gasteiger charge is 2.49. The third-order valence-corrected chi connectivity index (χ3v) is 7.67. The molecule has 0 saturated heterocycles. The van der Waals surface area contributed by atoms with E-state index in [0.717, 1.165) is 41.6 Å². The van der Waals surface area contributed by atoms with Gasteiger partial charge in [0.2, 0.25) is 5.91 Å². The monoisotopic (exact) mass is 474 g/mol. The van der Waals surface area contributed by atoms with Crippen LogP contribution in [0.2, 0.25) is 0 Å². The maximum absolute atomic E-state index is 14.0. The van der Waals surface area contributed by atoms with Gasteiger partial charge in [-0.25, -0.2) is 4.98 Å². The molecular formula is C28H34N4O3. The number of nitrogens with zero attached hydrogens (tertiary/aromatic N) is 3. The Morgan fingerprint density at radius 2 is 1.89 bits per heavy atom. The number of carbonyl (C=O) groups excluding carboxylic acids is 2. The van der Waals surface area contributed by atoms with Gasteiger partial charge in [-0.05, 0) is 50.8 Å². The smallest absolute Gasteiger partial charge is 0.291 e. The molecule has 2 aromatic carbocycles. The lowest BCUT2D eigenvalue weighted by molar-refractivity contribution is -0.134. The first-order chi connectivity index (χ1) is 16.9. The minimum atomic E-state index is -1.08. The Hall–Kier alpha value is -3.35. The summed E-state index contributed by atoms with van der Waals surface area (Å²) in [7, 11) is 0. The zero-order valence-corrected chi connectivity index (χ0v) is 20.8. The van der Waals surface area contributed by atoms with E-state index in [-0.39, 0.29) is 24.4 Å². The first kappa shape index (κ1) is 23.4. The molecule has 7 heteroatoms. The maximum atomic E-state index is 14.0. The first-order valence-electron chi connectivity index (χ1n) is 12.7. The number of aromatic nitrogens is 2. The molecule has 3 aromatic rings. The van der Waals surface area contributed by atoms with Gasteiger partial charge in [-0.2, -0.15) is 0 Å². The van der Waals surface area contributed by atoms with Crippen molar-refractivity contribution in [1.29, 1.82) is 0 Å². The van der Waals surface area contributed by atoms with Crippen molar-refractivity contribution in [3.63, 3.8) is 0 Å². The van der Waals surface area contributed by atoms with Crippen LogP contribution in [0, 0.1) is 5.92 Å². The van der Waals surface area contributed by atoms with Crippen LogP contribution in [0.5, 0.6) is 5.75 Å². The largest absolute Gasteiger partial charge is 0.494 e. The summed E-state index contributed by atoms with van der Waals surface area (Å²) >= 11 is 0. The van der Waals surface area contributed by atoms with E-state index in [1.165, 1.54) is 6.42 Å². The molecule has 2 heterocycles. The van der Waals surface area contributed by atoms with Crippen molar-refractivity contribution < 1.29 is 14.3 Å². The van der Waals surface area contributed by atoms with Crippen LogP contribution in [-0.2, 0) is 17.9 Å². The van der Waals surface area contributed by atoms with Crippen molar-refractivity contribution in [3.8, 4) is 5.75 Å². The van der Waals surface area contributed by atoms with Gasteiger partial charge < -0.3 is 19.5 Å². The lowest BCUT2D eigenvalue weighted by Crippen LogP contribution is -2.65. The Morgan fingerprint density at radius 1 is 1.14 bits per heavy atom. The molecule has 35 heavy (non-hydrogen) atoms. The van der Waals surface area contributed by atoms with Crippen LogP contribution in [0.15, 0.2) is 48.5 Å². The molecule has 1 aliphatic carbocycles. The number of hydrogen-bond acceptors (Lipinski definition) is 4. The fourth-order valence-electron chi connectivity index (χ4n) is 5.53. The van der Waals surface area contributed by atoms with Crippen LogP contribution in [0.25, 0.3) is 11.0 Å². The number of hydrogen-bond donors (Lipinski definition) is 1. The number of nitrogens with one attached hydrogen (secondary N) is 1. The summed E-state index contributed by atoms with van der Waals surface area (Å²) < 4.78 is 7.75. The average molecular weight is 475 g/mol. The minimum Gasteiger partial charge on any atom is -0.494 e. The number of imidazole rings is 1. The Kier molecular flexibility index (Phi) is 6.26. The van der Waals surface area contributed by atoms with Gasteiger partial charge in [0, 0.05) is 11.6 Å². The van der Waals surface area contributed by atoms with Crippen LogP contribution < -0.4 is 10.1 Å². The van der Waals surface area contributed by atoms with Crippen molar-refractivity contribution in [2.75, 3.05) is 6.61 Å². The Balaban J connectivity index is 1.56. The van der Waals surface area contributed by atoms with Crippen molar-refractivity contribution in [2.24, 2.45) is 5.92 Å². The Bertz CT molecular complexity index is 1250. The molecule has 1 aliphatic heterocycles. The van der Waals surface area contributed by atoms with Gasteiger partial charge in [0.05, 0.1) is 30.7 Å². The molecule has 2 aliphatic rings. The highest BCUT2D eigenvalue weighted by atomic mass is 16.5. The van der Waals surface area contributed by atoms with Crippen LogP contribution in [0.3, 0.4) is 0 Å². The van der Waals surface area contributed by atoms with Crippen molar-refractivity contribution in [2.45, 2.75) is 71.1 Å². The van der Waals surface area contributed by atoms with Crippen LogP contribution in [0.4, 0.5) is 0 Å². The quantitative estimate of drug-likeness (QED) is 0.569. The minimum absolute atomic E-state index is 0.109. The van der Waals surface area contributed by atoms with Gasteiger partial charge in [0.25, 0.3) is 5.91 Å². The number of rotatable bonds is 6. The predicted octanol–water partition coefficient (Wildman–Crippen LogP) is 4.54. The zero-order chi connectivity index (χ0) is 24.6. The van der Waals surface area contributed by atoms with E-state index in [4.69, 9.17) is 4.74 Å². The van der Waals surface area contributed by atoms with E-state index in [1.807, 2.05) is 66.9 Å². The number of benzene rings is 2. The number of carbonyl (C=O) groups is 2. The molecule has 7 nitrogen and oxygen atoms in total. The average Bonchev–Trinajstić information content (AvgIpc) is 3.23. The van der Waals surface area contributed by atoms with Gasteiger partial charge in [-0.15, -0.1) is 0 Å². The van der Waals surface area contributed by atoms with Gasteiger partial charge in [0.1, 0.15) is 11.3 Å². The van der Waals surface area contributed by atoms with Gasteiger partial charge >= 0.3 is 0 Å². The van der Waals surface area contributed by atoms with Gasteiger partial charge in [0.15, 0.2) is 5.82 Å². The van der Waals surface area contributed by atoms with Crippen LogP contribution in [-0.4, -0.2) is 44.5 Å². The molecule has 1 saturated carbocycles. The molecule has 1 N–H and O–H groups in total. The van der Waals surface area contributed by atoms with Crippen molar-refractivity contribution in [3.05, 3.63) is 59.9 Å². The molecule has 5 rings (SSSR count). The number of fused-ring (bicyclic) bond motifs is 3. The number of ether oxygens (including phenoxy) is 1. The fraction of sp³-hybridized carbons (Fsp3) is 0.464.